The van der Waals surface area contributed by atoms with Crippen LogP contribution in [0.15, 0.2) is 54.7 Å². The van der Waals surface area contributed by atoms with Crippen LogP contribution in [0.25, 0.3) is 10.9 Å². The number of fused-ring (bicyclic) bond motifs is 1. The quantitative estimate of drug-likeness (QED) is 0.652. The number of aldehydes is 1. The van der Waals surface area contributed by atoms with Gasteiger partial charge < -0.3 is 4.57 Å². The second kappa shape index (κ2) is 5.33. The van der Waals surface area contributed by atoms with E-state index in [-0.39, 0.29) is 0 Å². The van der Waals surface area contributed by atoms with Gasteiger partial charge in [0.25, 0.3) is 0 Å². The number of halogens is 3. The van der Waals surface area contributed by atoms with Crippen molar-refractivity contribution in [2.75, 3.05) is 0 Å². The summed E-state index contributed by atoms with van der Waals surface area (Å²) < 4.78 is 40.1. The van der Waals surface area contributed by atoms with Gasteiger partial charge in [0.15, 0.2) is 6.29 Å². The van der Waals surface area contributed by atoms with E-state index < -0.39 is 11.7 Å². The van der Waals surface area contributed by atoms with Gasteiger partial charge in [-0.1, -0.05) is 24.3 Å². The molecular formula is C17H12F3NO. The number of carbonyl (C=O) groups excluding carboxylic acids is 1. The maximum Gasteiger partial charge on any atom is 0.416 e. The largest absolute Gasteiger partial charge is 0.416 e. The van der Waals surface area contributed by atoms with E-state index in [0.717, 1.165) is 29.3 Å². The van der Waals surface area contributed by atoms with Gasteiger partial charge in [0.05, 0.1) is 5.56 Å². The molecule has 3 aromatic rings. The second-order valence-electron chi connectivity index (χ2n) is 5.04. The summed E-state index contributed by atoms with van der Waals surface area (Å²) >= 11 is 0. The molecule has 0 radical (unpaired) electrons. The van der Waals surface area contributed by atoms with Gasteiger partial charge in [-0.15, -0.1) is 0 Å². The molecule has 5 heteroatoms. The number of rotatable bonds is 3. The molecule has 0 saturated carbocycles. The molecule has 0 fully saturated rings. The fourth-order valence-electron chi connectivity index (χ4n) is 2.53. The predicted molar refractivity (Wildman–Crippen MR) is 77.9 cm³/mol. The summed E-state index contributed by atoms with van der Waals surface area (Å²) in [7, 11) is 0. The van der Waals surface area contributed by atoms with Crippen molar-refractivity contribution < 1.29 is 18.0 Å². The third-order valence-corrected chi connectivity index (χ3v) is 3.58. The predicted octanol–water partition coefficient (Wildman–Crippen LogP) is 4.52. The first kappa shape index (κ1) is 14.4. The SMILES string of the molecule is O=Cc1cccc2c1ccn2Cc1cccc(C(F)(F)F)c1. The zero-order valence-corrected chi connectivity index (χ0v) is 11.5. The van der Waals surface area contributed by atoms with Crippen LogP contribution in [0.1, 0.15) is 21.5 Å². The van der Waals surface area contributed by atoms with E-state index in [1.54, 1.807) is 30.5 Å². The van der Waals surface area contributed by atoms with Crippen LogP contribution in [-0.4, -0.2) is 10.9 Å². The molecule has 0 amide bonds. The highest BCUT2D eigenvalue weighted by molar-refractivity contribution is 5.97. The number of aromatic nitrogens is 1. The Hall–Kier alpha value is -2.56. The van der Waals surface area contributed by atoms with Crippen molar-refractivity contribution >= 4 is 17.2 Å². The Morgan fingerprint density at radius 1 is 1.05 bits per heavy atom. The molecule has 0 unspecified atom stereocenters. The Labute approximate surface area is 124 Å². The van der Waals surface area contributed by atoms with E-state index in [2.05, 4.69) is 0 Å². The smallest absolute Gasteiger partial charge is 0.343 e. The monoisotopic (exact) mass is 303 g/mol. The molecule has 0 aliphatic heterocycles. The summed E-state index contributed by atoms with van der Waals surface area (Å²) in [6.45, 7) is 0.315. The summed E-state index contributed by atoms with van der Waals surface area (Å²) in [4.78, 5) is 11.0. The molecule has 0 N–H and O–H groups in total. The van der Waals surface area contributed by atoms with Crippen molar-refractivity contribution in [3.8, 4) is 0 Å². The topological polar surface area (TPSA) is 22.0 Å². The van der Waals surface area contributed by atoms with Crippen LogP contribution in [0.2, 0.25) is 0 Å². The number of hydrogen-bond acceptors (Lipinski definition) is 1. The van der Waals surface area contributed by atoms with Crippen molar-refractivity contribution in [2.45, 2.75) is 12.7 Å². The Balaban J connectivity index is 1.99. The minimum atomic E-state index is -4.35. The molecule has 0 aliphatic rings. The van der Waals surface area contributed by atoms with Gasteiger partial charge in [0.1, 0.15) is 0 Å². The molecule has 1 heterocycles. The van der Waals surface area contributed by atoms with Crippen molar-refractivity contribution in [2.24, 2.45) is 0 Å². The summed E-state index contributed by atoms with van der Waals surface area (Å²) in [6, 6.07) is 12.4. The molecule has 0 bridgehead atoms. The molecule has 0 aliphatic carbocycles. The fourth-order valence-corrected chi connectivity index (χ4v) is 2.53. The van der Waals surface area contributed by atoms with Crippen LogP contribution in [0.5, 0.6) is 0 Å². The molecule has 1 aromatic heterocycles. The second-order valence-corrected chi connectivity index (χ2v) is 5.04. The van der Waals surface area contributed by atoms with E-state index in [9.17, 15) is 18.0 Å². The van der Waals surface area contributed by atoms with Gasteiger partial charge >= 0.3 is 6.18 Å². The van der Waals surface area contributed by atoms with Gasteiger partial charge in [-0.05, 0) is 29.8 Å². The van der Waals surface area contributed by atoms with Crippen LogP contribution < -0.4 is 0 Å². The molecule has 0 atom stereocenters. The zero-order valence-electron chi connectivity index (χ0n) is 11.5. The van der Waals surface area contributed by atoms with Crippen LogP contribution in [0.3, 0.4) is 0 Å². The third kappa shape index (κ3) is 2.62. The lowest BCUT2D eigenvalue weighted by Crippen LogP contribution is -2.06. The molecular weight excluding hydrogens is 291 g/mol. The van der Waals surface area contributed by atoms with Crippen molar-refractivity contribution in [1.82, 2.24) is 4.57 Å². The lowest BCUT2D eigenvalue weighted by atomic mass is 10.1. The van der Waals surface area contributed by atoms with Crippen LogP contribution in [-0.2, 0) is 12.7 Å². The Morgan fingerprint density at radius 3 is 2.55 bits per heavy atom. The van der Waals surface area contributed by atoms with Crippen LogP contribution in [0, 0.1) is 0 Å². The maximum atomic E-state index is 12.8. The first-order valence-corrected chi connectivity index (χ1v) is 6.68. The van der Waals surface area contributed by atoms with E-state index in [1.165, 1.54) is 6.07 Å². The normalized spacial score (nSPS) is 11.8. The molecule has 0 spiro atoms. The lowest BCUT2D eigenvalue weighted by Gasteiger charge is -2.10. The lowest BCUT2D eigenvalue weighted by molar-refractivity contribution is -0.137. The van der Waals surface area contributed by atoms with Crippen LogP contribution in [0.4, 0.5) is 13.2 Å². The number of benzene rings is 2. The van der Waals surface area contributed by atoms with Crippen LogP contribution >= 0.6 is 0 Å². The van der Waals surface area contributed by atoms with Gasteiger partial charge in [-0.25, -0.2) is 0 Å². The van der Waals surface area contributed by atoms with Gasteiger partial charge in [0.2, 0.25) is 0 Å². The number of nitrogens with zero attached hydrogens (tertiary/aromatic N) is 1. The Morgan fingerprint density at radius 2 is 1.82 bits per heavy atom. The molecule has 0 saturated heterocycles. The fraction of sp³-hybridized carbons (Fsp3) is 0.118. The van der Waals surface area contributed by atoms with Crippen molar-refractivity contribution in [1.29, 1.82) is 0 Å². The zero-order chi connectivity index (χ0) is 15.7. The molecule has 22 heavy (non-hydrogen) atoms. The first-order chi connectivity index (χ1) is 10.5. The van der Waals surface area contributed by atoms with E-state index in [1.807, 2.05) is 10.6 Å². The summed E-state index contributed by atoms with van der Waals surface area (Å²) in [5.41, 5.74) is 1.29. The summed E-state index contributed by atoms with van der Waals surface area (Å²) in [5.74, 6) is 0. The van der Waals surface area contributed by atoms with Gasteiger partial charge in [0, 0.05) is 29.2 Å². The number of hydrogen-bond donors (Lipinski definition) is 0. The average molecular weight is 303 g/mol. The minimum Gasteiger partial charge on any atom is -0.343 e. The highest BCUT2D eigenvalue weighted by atomic mass is 19.4. The molecule has 112 valence electrons. The number of carbonyl (C=O) groups is 1. The van der Waals surface area contributed by atoms with Gasteiger partial charge in [-0.2, -0.15) is 13.2 Å². The molecule has 3 rings (SSSR count). The standard InChI is InChI=1S/C17H12F3NO/c18-17(19,20)14-5-1-3-12(9-14)10-21-8-7-15-13(11-22)4-2-6-16(15)21/h1-9,11H,10H2. The summed E-state index contributed by atoms with van der Waals surface area (Å²) in [6.07, 6.45) is -1.80. The Bertz CT molecular complexity index is 833. The highest BCUT2D eigenvalue weighted by Crippen LogP contribution is 2.30. The van der Waals surface area contributed by atoms with Gasteiger partial charge in [-0.3, -0.25) is 4.79 Å². The van der Waals surface area contributed by atoms with E-state index in [0.29, 0.717) is 17.7 Å². The summed E-state index contributed by atoms with van der Waals surface area (Å²) in [5, 5.41) is 0.796. The molecule has 2 aromatic carbocycles. The highest BCUT2D eigenvalue weighted by Gasteiger charge is 2.30. The van der Waals surface area contributed by atoms with E-state index >= 15 is 0 Å². The molecule has 2 nitrogen and oxygen atoms in total. The third-order valence-electron chi connectivity index (χ3n) is 3.58. The van der Waals surface area contributed by atoms with Crippen molar-refractivity contribution in [3.63, 3.8) is 0 Å². The van der Waals surface area contributed by atoms with E-state index in [4.69, 9.17) is 0 Å². The first-order valence-electron chi connectivity index (χ1n) is 6.68. The maximum absolute atomic E-state index is 12.8. The minimum absolute atomic E-state index is 0.315. The average Bonchev–Trinajstić information content (AvgIpc) is 2.90. The number of alkyl halides is 3. The van der Waals surface area contributed by atoms with Crippen molar-refractivity contribution in [3.05, 3.63) is 71.4 Å². The Kier molecular flexibility index (Phi) is 3.48.